The highest BCUT2D eigenvalue weighted by Gasteiger charge is 2.74. The predicted molar refractivity (Wildman–Crippen MR) is 74.1 cm³/mol. The summed E-state index contributed by atoms with van der Waals surface area (Å²) in [5.74, 6) is 1.33. The van der Waals surface area contributed by atoms with Crippen molar-refractivity contribution in [3.63, 3.8) is 0 Å². The number of hydrogen-bond donors (Lipinski definition) is 0. The highest BCUT2D eigenvalue weighted by Crippen LogP contribution is 2.71. The Morgan fingerprint density at radius 1 is 0.938 bits per heavy atom. The lowest BCUT2D eigenvalue weighted by Crippen LogP contribution is -2.49. The van der Waals surface area contributed by atoms with Gasteiger partial charge in [-0.15, -0.1) is 69.6 Å². The quantitative estimate of drug-likeness (QED) is 0.660. The molecule has 0 aromatic rings. The molecule has 16 heavy (non-hydrogen) atoms. The molecule has 0 aromatic heterocycles. The molecule has 6 heteroatoms. The molecule has 2 aliphatic rings. The van der Waals surface area contributed by atoms with Gasteiger partial charge in [-0.25, -0.2) is 0 Å². The van der Waals surface area contributed by atoms with Crippen LogP contribution >= 0.6 is 69.6 Å². The first kappa shape index (κ1) is 14.2. The molecule has 0 amide bonds. The lowest BCUT2D eigenvalue weighted by Gasteiger charge is -2.43. The highest BCUT2D eigenvalue weighted by molar-refractivity contribution is 6.34. The van der Waals surface area contributed by atoms with E-state index in [4.69, 9.17) is 69.6 Å². The molecule has 0 aliphatic heterocycles. The molecule has 94 valence electrons. The first-order valence-corrected chi connectivity index (χ1v) is 8.03. The topological polar surface area (TPSA) is 0 Å². The van der Waals surface area contributed by atoms with Crippen molar-refractivity contribution < 1.29 is 0 Å². The molecule has 0 nitrogen and oxygen atoms in total. The van der Waals surface area contributed by atoms with Crippen molar-refractivity contribution in [3.05, 3.63) is 0 Å². The standard InChI is InChI=1S/C10H12Cl6/c11-2-9(3-12)5-1-6(14)10(9,4-13)8(16)7(5)15/h5-8H,1-4H2/t5-,6-,7+,8-,10+/m1/s1. The minimum Gasteiger partial charge on any atom is -0.126 e. The molecular weight excluding hydrogens is 333 g/mol. The molecule has 0 spiro atoms. The third-order valence-corrected chi connectivity index (χ3v) is 7.82. The van der Waals surface area contributed by atoms with Gasteiger partial charge >= 0.3 is 0 Å². The molecule has 2 saturated carbocycles. The molecule has 2 fully saturated rings. The Bertz CT molecular complexity index is 278. The van der Waals surface area contributed by atoms with Gasteiger partial charge in [0, 0.05) is 33.8 Å². The first-order valence-electron chi connectivity index (χ1n) is 5.12. The maximum Gasteiger partial charge on any atom is 0.0590 e. The second kappa shape index (κ2) is 4.69. The molecule has 2 rings (SSSR count). The van der Waals surface area contributed by atoms with Gasteiger partial charge in [-0.05, 0) is 12.3 Å². The normalized spacial score (nSPS) is 49.9. The van der Waals surface area contributed by atoms with Crippen LogP contribution in [0.3, 0.4) is 0 Å². The van der Waals surface area contributed by atoms with Crippen molar-refractivity contribution in [2.24, 2.45) is 16.7 Å². The van der Waals surface area contributed by atoms with Gasteiger partial charge in [0.2, 0.25) is 0 Å². The van der Waals surface area contributed by atoms with Gasteiger partial charge in [0.1, 0.15) is 0 Å². The van der Waals surface area contributed by atoms with E-state index in [1.165, 1.54) is 0 Å². The minimum absolute atomic E-state index is 0.0926. The summed E-state index contributed by atoms with van der Waals surface area (Å²) in [7, 11) is 0. The summed E-state index contributed by atoms with van der Waals surface area (Å²) in [6, 6.07) is 0. The van der Waals surface area contributed by atoms with Crippen molar-refractivity contribution in [3.8, 4) is 0 Å². The fourth-order valence-electron chi connectivity index (χ4n) is 3.46. The van der Waals surface area contributed by atoms with Crippen LogP contribution in [0.25, 0.3) is 0 Å². The van der Waals surface area contributed by atoms with Gasteiger partial charge in [-0.1, -0.05) is 0 Å². The second-order valence-corrected chi connectivity index (χ2v) is 7.06. The Morgan fingerprint density at radius 3 is 1.88 bits per heavy atom. The zero-order chi connectivity index (χ0) is 12.1. The van der Waals surface area contributed by atoms with Crippen LogP contribution in [0.1, 0.15) is 6.42 Å². The van der Waals surface area contributed by atoms with Crippen LogP contribution < -0.4 is 0 Å². The summed E-state index contributed by atoms with van der Waals surface area (Å²) in [4.78, 5) is 0. The van der Waals surface area contributed by atoms with Gasteiger partial charge in [-0.2, -0.15) is 0 Å². The second-order valence-electron chi connectivity index (χ2n) is 4.75. The van der Waals surface area contributed by atoms with E-state index in [-0.39, 0.29) is 27.5 Å². The maximum atomic E-state index is 6.43. The molecule has 0 N–H and O–H groups in total. The van der Waals surface area contributed by atoms with E-state index in [1.807, 2.05) is 0 Å². The number of hydrogen-bond acceptors (Lipinski definition) is 0. The van der Waals surface area contributed by atoms with Crippen LogP contribution in [0.15, 0.2) is 0 Å². The number of halogens is 6. The smallest absolute Gasteiger partial charge is 0.0590 e. The van der Waals surface area contributed by atoms with Crippen LogP contribution in [0.2, 0.25) is 0 Å². The Hall–Kier alpha value is 1.74. The van der Waals surface area contributed by atoms with Gasteiger partial charge in [0.05, 0.1) is 10.8 Å². The van der Waals surface area contributed by atoms with Crippen LogP contribution in [0.5, 0.6) is 0 Å². The third-order valence-electron chi connectivity index (χ3n) is 4.51. The molecule has 0 aromatic carbocycles. The summed E-state index contributed by atoms with van der Waals surface area (Å²) < 4.78 is 0. The Kier molecular flexibility index (Phi) is 4.15. The largest absolute Gasteiger partial charge is 0.126 e. The molecule has 0 unspecified atom stereocenters. The number of rotatable bonds is 3. The third kappa shape index (κ3) is 1.38. The van der Waals surface area contributed by atoms with Crippen molar-refractivity contribution in [1.29, 1.82) is 0 Å². The van der Waals surface area contributed by atoms with E-state index >= 15 is 0 Å². The SMILES string of the molecule is ClCC1(CCl)[C@@H]2C[C@@H](Cl)[C@@]1(CCl)[C@H](Cl)[C@H]2Cl. The highest BCUT2D eigenvalue weighted by atomic mass is 35.5. The Labute approximate surface area is 126 Å². The van der Waals surface area contributed by atoms with Crippen LogP contribution in [-0.2, 0) is 0 Å². The van der Waals surface area contributed by atoms with Gasteiger partial charge in [-0.3, -0.25) is 0 Å². The summed E-state index contributed by atoms with van der Waals surface area (Å²) in [5, 5.41) is -0.497. The zero-order valence-corrected chi connectivity index (χ0v) is 12.9. The van der Waals surface area contributed by atoms with Crippen molar-refractivity contribution in [1.82, 2.24) is 0 Å². The predicted octanol–water partition coefficient (Wildman–Crippen LogP) is 4.53. The molecule has 2 aliphatic carbocycles. The fraction of sp³-hybridized carbons (Fsp3) is 1.00. The molecular formula is C10H12Cl6. The molecule has 5 atom stereocenters. The van der Waals surface area contributed by atoms with Crippen LogP contribution in [-0.4, -0.2) is 33.8 Å². The summed E-state index contributed by atoms with van der Waals surface area (Å²) >= 11 is 37.6. The minimum atomic E-state index is -0.446. The Morgan fingerprint density at radius 2 is 1.50 bits per heavy atom. The van der Waals surface area contributed by atoms with E-state index in [2.05, 4.69) is 0 Å². The van der Waals surface area contributed by atoms with E-state index in [0.29, 0.717) is 17.6 Å². The van der Waals surface area contributed by atoms with E-state index in [9.17, 15) is 0 Å². The molecule has 2 bridgehead atoms. The number of fused-ring (bicyclic) bond motifs is 2. The van der Waals surface area contributed by atoms with Crippen LogP contribution in [0.4, 0.5) is 0 Å². The fourth-order valence-corrected chi connectivity index (χ4v) is 7.29. The van der Waals surface area contributed by atoms with Crippen LogP contribution in [0, 0.1) is 16.7 Å². The van der Waals surface area contributed by atoms with Crippen molar-refractivity contribution >= 4 is 69.6 Å². The van der Waals surface area contributed by atoms with Gasteiger partial charge < -0.3 is 0 Å². The lowest BCUT2D eigenvalue weighted by molar-refractivity contribution is 0.170. The van der Waals surface area contributed by atoms with E-state index in [1.54, 1.807) is 0 Å². The maximum absolute atomic E-state index is 6.43. The average molecular weight is 345 g/mol. The average Bonchev–Trinajstić information content (AvgIpc) is 2.65. The summed E-state index contributed by atoms with van der Waals surface area (Å²) in [5.41, 5.74) is -0.776. The summed E-state index contributed by atoms with van der Waals surface area (Å²) in [6.45, 7) is 0. The van der Waals surface area contributed by atoms with Crippen molar-refractivity contribution in [2.45, 2.75) is 22.6 Å². The van der Waals surface area contributed by atoms with Gasteiger partial charge in [0.25, 0.3) is 0 Å². The van der Waals surface area contributed by atoms with Crippen molar-refractivity contribution in [2.75, 3.05) is 17.6 Å². The molecule has 0 saturated heterocycles. The van der Waals surface area contributed by atoms with E-state index in [0.717, 1.165) is 6.42 Å². The lowest BCUT2D eigenvalue weighted by atomic mass is 9.70. The van der Waals surface area contributed by atoms with Gasteiger partial charge in [0.15, 0.2) is 0 Å². The van der Waals surface area contributed by atoms with E-state index < -0.39 is 5.41 Å². The molecule has 0 heterocycles. The summed E-state index contributed by atoms with van der Waals surface area (Å²) in [6.07, 6.45) is 0.797. The number of alkyl halides is 6. The molecule has 0 radical (unpaired) electrons. The monoisotopic (exact) mass is 342 g/mol. The zero-order valence-electron chi connectivity index (χ0n) is 8.41. The first-order chi connectivity index (χ1) is 7.51. The Balaban J connectivity index is 2.54.